The van der Waals surface area contributed by atoms with Gasteiger partial charge < -0.3 is 4.74 Å². The summed E-state index contributed by atoms with van der Waals surface area (Å²) in [7, 11) is 1.84. The standard InChI is InChI=1S/C23H25N3O3S/c1-5-29-19-14-10-9-13-18(19)23-25(21(27)16(3)30-23)20-15(2)24(4)26(22(20)28)17-11-7-6-8-12-17/h6-14,16,23H,5H2,1-4H3/t16-,23-/m0/s1. The molecule has 0 spiro atoms. The van der Waals surface area contributed by atoms with E-state index >= 15 is 0 Å². The first kappa shape index (κ1) is 20.3. The number of carbonyl (C=O) groups excluding carboxylic acids is 1. The normalized spacial score (nSPS) is 18.8. The van der Waals surface area contributed by atoms with Crippen molar-refractivity contribution >= 4 is 23.4 Å². The van der Waals surface area contributed by atoms with Crippen molar-refractivity contribution in [3.63, 3.8) is 0 Å². The summed E-state index contributed by atoms with van der Waals surface area (Å²) in [6.45, 7) is 6.23. The molecule has 0 unspecified atom stereocenters. The van der Waals surface area contributed by atoms with E-state index in [2.05, 4.69) is 0 Å². The number of para-hydroxylation sites is 2. The van der Waals surface area contributed by atoms with Gasteiger partial charge in [0.2, 0.25) is 5.91 Å². The van der Waals surface area contributed by atoms with Gasteiger partial charge in [-0.3, -0.25) is 19.2 Å². The molecule has 156 valence electrons. The topological polar surface area (TPSA) is 56.5 Å². The lowest BCUT2D eigenvalue weighted by Gasteiger charge is -2.24. The van der Waals surface area contributed by atoms with E-state index in [0.29, 0.717) is 12.3 Å². The first-order chi connectivity index (χ1) is 14.5. The number of aromatic nitrogens is 2. The molecular formula is C23H25N3O3S. The van der Waals surface area contributed by atoms with Gasteiger partial charge in [0.15, 0.2) is 0 Å². The van der Waals surface area contributed by atoms with E-state index in [1.807, 2.05) is 82.4 Å². The smallest absolute Gasteiger partial charge is 0.295 e. The Balaban J connectivity index is 1.89. The zero-order chi connectivity index (χ0) is 21.4. The third-order valence-electron chi connectivity index (χ3n) is 5.40. The van der Waals surface area contributed by atoms with E-state index in [9.17, 15) is 9.59 Å². The van der Waals surface area contributed by atoms with Gasteiger partial charge in [0.05, 0.1) is 23.2 Å². The van der Waals surface area contributed by atoms with Crippen molar-refractivity contribution in [2.45, 2.75) is 31.4 Å². The average Bonchev–Trinajstić information content (AvgIpc) is 3.15. The predicted octanol–water partition coefficient (Wildman–Crippen LogP) is 4.05. The van der Waals surface area contributed by atoms with Gasteiger partial charge in [0.1, 0.15) is 16.8 Å². The minimum Gasteiger partial charge on any atom is -0.493 e. The van der Waals surface area contributed by atoms with Gasteiger partial charge in [-0.1, -0.05) is 36.4 Å². The quantitative estimate of drug-likeness (QED) is 0.621. The van der Waals surface area contributed by atoms with Gasteiger partial charge in [-0.15, -0.1) is 11.8 Å². The molecule has 0 N–H and O–H groups in total. The summed E-state index contributed by atoms with van der Waals surface area (Å²) in [4.78, 5) is 28.4. The molecule has 0 radical (unpaired) electrons. The number of anilines is 1. The molecule has 4 rings (SSSR count). The Morgan fingerprint density at radius 1 is 1.03 bits per heavy atom. The number of carbonyl (C=O) groups is 1. The maximum absolute atomic E-state index is 13.5. The second kappa shape index (κ2) is 8.07. The molecule has 2 heterocycles. The molecule has 30 heavy (non-hydrogen) atoms. The minimum atomic E-state index is -0.326. The lowest BCUT2D eigenvalue weighted by atomic mass is 10.1. The molecule has 1 aliphatic heterocycles. The second-order valence-electron chi connectivity index (χ2n) is 7.22. The molecule has 0 bridgehead atoms. The van der Waals surface area contributed by atoms with Crippen molar-refractivity contribution in [2.24, 2.45) is 7.05 Å². The number of benzene rings is 2. The molecule has 2 aromatic carbocycles. The molecular weight excluding hydrogens is 398 g/mol. The van der Waals surface area contributed by atoms with Crippen molar-refractivity contribution in [3.8, 4) is 11.4 Å². The molecule has 1 aromatic heterocycles. The van der Waals surface area contributed by atoms with Crippen LogP contribution in [-0.4, -0.2) is 27.1 Å². The summed E-state index contributed by atoms with van der Waals surface area (Å²) in [5.41, 5.74) is 2.61. The molecule has 1 fully saturated rings. The number of nitrogens with zero attached hydrogens (tertiary/aromatic N) is 3. The first-order valence-corrected chi connectivity index (χ1v) is 10.9. The predicted molar refractivity (Wildman–Crippen MR) is 121 cm³/mol. The highest BCUT2D eigenvalue weighted by atomic mass is 32.2. The largest absolute Gasteiger partial charge is 0.493 e. The molecule has 0 saturated carbocycles. The van der Waals surface area contributed by atoms with Crippen molar-refractivity contribution in [2.75, 3.05) is 11.5 Å². The summed E-state index contributed by atoms with van der Waals surface area (Å²) in [5, 5.41) is -0.581. The fourth-order valence-electron chi connectivity index (χ4n) is 3.87. The Kier molecular flexibility index (Phi) is 5.47. The monoisotopic (exact) mass is 423 g/mol. The maximum Gasteiger partial charge on any atom is 0.295 e. The average molecular weight is 424 g/mol. The third-order valence-corrected chi connectivity index (χ3v) is 6.73. The van der Waals surface area contributed by atoms with E-state index in [1.54, 1.807) is 14.3 Å². The highest BCUT2D eigenvalue weighted by molar-refractivity contribution is 8.01. The van der Waals surface area contributed by atoms with E-state index in [0.717, 1.165) is 22.7 Å². The van der Waals surface area contributed by atoms with Crippen molar-refractivity contribution < 1.29 is 9.53 Å². The van der Waals surface area contributed by atoms with Crippen LogP contribution in [0.5, 0.6) is 5.75 Å². The van der Waals surface area contributed by atoms with Gasteiger partial charge in [0.25, 0.3) is 5.56 Å². The summed E-state index contributed by atoms with van der Waals surface area (Å²) >= 11 is 1.54. The number of rotatable bonds is 5. The van der Waals surface area contributed by atoms with Crippen LogP contribution in [0.15, 0.2) is 59.4 Å². The second-order valence-corrected chi connectivity index (χ2v) is 8.65. The van der Waals surface area contributed by atoms with Crippen LogP contribution in [0, 0.1) is 6.92 Å². The Hall–Kier alpha value is -2.93. The van der Waals surface area contributed by atoms with Crippen LogP contribution in [0.4, 0.5) is 5.69 Å². The number of amides is 1. The van der Waals surface area contributed by atoms with Crippen molar-refractivity contribution in [3.05, 3.63) is 76.2 Å². The van der Waals surface area contributed by atoms with E-state index in [-0.39, 0.29) is 22.1 Å². The Morgan fingerprint density at radius 3 is 2.40 bits per heavy atom. The summed E-state index contributed by atoms with van der Waals surface area (Å²) in [6, 6.07) is 17.2. The van der Waals surface area contributed by atoms with Gasteiger partial charge in [-0.25, -0.2) is 4.68 Å². The maximum atomic E-state index is 13.5. The fourth-order valence-corrected chi connectivity index (χ4v) is 5.16. The van der Waals surface area contributed by atoms with E-state index < -0.39 is 0 Å². The van der Waals surface area contributed by atoms with Crippen LogP contribution in [0.25, 0.3) is 5.69 Å². The zero-order valence-electron chi connectivity index (χ0n) is 17.5. The molecule has 0 aliphatic carbocycles. The Morgan fingerprint density at radius 2 is 1.70 bits per heavy atom. The molecule has 1 amide bonds. The number of hydrogen-bond donors (Lipinski definition) is 0. The number of ether oxygens (including phenoxy) is 1. The van der Waals surface area contributed by atoms with Crippen LogP contribution in [0.2, 0.25) is 0 Å². The van der Waals surface area contributed by atoms with Crippen LogP contribution < -0.4 is 15.2 Å². The molecule has 1 aliphatic rings. The summed E-state index contributed by atoms with van der Waals surface area (Å²) < 4.78 is 9.24. The van der Waals surface area contributed by atoms with E-state index in [1.165, 1.54) is 11.8 Å². The molecule has 2 atom stereocenters. The van der Waals surface area contributed by atoms with Gasteiger partial charge in [0, 0.05) is 12.6 Å². The van der Waals surface area contributed by atoms with Crippen molar-refractivity contribution in [1.29, 1.82) is 0 Å². The SMILES string of the molecule is CCOc1ccccc1[C@@H]1S[C@@H](C)C(=O)N1c1c(C)n(C)n(-c2ccccc2)c1=O. The number of thioether (sulfide) groups is 1. The highest BCUT2D eigenvalue weighted by Crippen LogP contribution is 2.47. The van der Waals surface area contributed by atoms with Gasteiger partial charge >= 0.3 is 0 Å². The molecule has 3 aromatic rings. The van der Waals surface area contributed by atoms with Crippen LogP contribution in [0.3, 0.4) is 0 Å². The van der Waals surface area contributed by atoms with Crippen LogP contribution in [0.1, 0.15) is 30.5 Å². The lowest BCUT2D eigenvalue weighted by molar-refractivity contribution is -0.117. The lowest BCUT2D eigenvalue weighted by Crippen LogP contribution is -2.34. The van der Waals surface area contributed by atoms with Gasteiger partial charge in [-0.05, 0) is 39.0 Å². The van der Waals surface area contributed by atoms with Crippen LogP contribution >= 0.6 is 11.8 Å². The third kappa shape index (κ3) is 3.23. The molecule has 6 nitrogen and oxygen atoms in total. The van der Waals surface area contributed by atoms with Crippen LogP contribution in [-0.2, 0) is 11.8 Å². The van der Waals surface area contributed by atoms with E-state index in [4.69, 9.17) is 4.74 Å². The number of hydrogen-bond acceptors (Lipinski definition) is 4. The molecule has 1 saturated heterocycles. The highest BCUT2D eigenvalue weighted by Gasteiger charge is 2.43. The fraction of sp³-hybridized carbons (Fsp3) is 0.304. The molecule has 7 heteroatoms. The Labute approximate surface area is 180 Å². The minimum absolute atomic E-state index is 0.0673. The summed E-state index contributed by atoms with van der Waals surface area (Å²) in [5.74, 6) is 0.670. The van der Waals surface area contributed by atoms with Gasteiger partial charge in [-0.2, -0.15) is 0 Å². The summed E-state index contributed by atoms with van der Waals surface area (Å²) in [6.07, 6.45) is 0. The first-order valence-electron chi connectivity index (χ1n) is 10.00. The zero-order valence-corrected chi connectivity index (χ0v) is 18.3. The van der Waals surface area contributed by atoms with Crippen molar-refractivity contribution in [1.82, 2.24) is 9.36 Å². The Bertz CT molecular complexity index is 1140.